The summed E-state index contributed by atoms with van der Waals surface area (Å²) in [6.45, 7) is 11.2. The molecule has 0 fully saturated rings. The van der Waals surface area contributed by atoms with E-state index in [1.54, 1.807) is 0 Å². The van der Waals surface area contributed by atoms with E-state index < -0.39 is 11.7 Å². The molecule has 0 aliphatic rings. The number of nitrogens with zero attached hydrogens (tertiary/aromatic N) is 1. The van der Waals surface area contributed by atoms with Crippen LogP contribution in [0.15, 0.2) is 0 Å². The van der Waals surface area contributed by atoms with Crippen molar-refractivity contribution in [3.05, 3.63) is 17.2 Å². The van der Waals surface area contributed by atoms with Crippen LogP contribution in [0.5, 0.6) is 0 Å². The molecule has 0 saturated carbocycles. The van der Waals surface area contributed by atoms with Gasteiger partial charge in [-0.3, -0.25) is 0 Å². The van der Waals surface area contributed by atoms with Gasteiger partial charge in [-0.25, -0.2) is 9.78 Å². The number of carbonyl (C=O) groups excluding carboxylic acids is 1. The molecule has 0 aromatic carbocycles. The summed E-state index contributed by atoms with van der Waals surface area (Å²) >= 11 is 0. The predicted molar refractivity (Wildman–Crippen MR) is 65.8 cm³/mol. The van der Waals surface area contributed by atoms with Crippen molar-refractivity contribution in [2.75, 3.05) is 0 Å². The lowest BCUT2D eigenvalue weighted by atomic mass is 10.2. The van der Waals surface area contributed by atoms with Crippen LogP contribution in [-0.4, -0.2) is 21.7 Å². The van der Waals surface area contributed by atoms with E-state index in [1.165, 1.54) is 0 Å². The predicted octanol–water partition coefficient (Wildman–Crippen LogP) is 2.61. The van der Waals surface area contributed by atoms with Crippen LogP contribution in [0.1, 0.15) is 50.9 Å². The van der Waals surface area contributed by atoms with Crippen LogP contribution in [0.4, 0.5) is 4.79 Å². The van der Waals surface area contributed by atoms with Gasteiger partial charge < -0.3 is 15.0 Å². The number of aromatic amines is 1. The maximum Gasteiger partial charge on any atom is 0.408 e. The van der Waals surface area contributed by atoms with E-state index in [1.807, 2.05) is 41.5 Å². The minimum Gasteiger partial charge on any atom is -0.444 e. The summed E-state index contributed by atoms with van der Waals surface area (Å²) < 4.78 is 5.18. The Bertz CT molecular complexity index is 385. The number of aryl methyl sites for hydroxylation is 2. The second-order valence-electron chi connectivity index (χ2n) is 5.20. The van der Waals surface area contributed by atoms with E-state index in [0.29, 0.717) is 0 Å². The minimum atomic E-state index is -0.487. The van der Waals surface area contributed by atoms with E-state index in [4.69, 9.17) is 4.74 Å². The number of carbonyl (C=O) groups is 1. The molecule has 96 valence electrons. The van der Waals surface area contributed by atoms with Crippen LogP contribution < -0.4 is 5.32 Å². The largest absolute Gasteiger partial charge is 0.444 e. The molecule has 0 aliphatic carbocycles. The standard InChI is InChI=1S/C12H21N3O2/c1-7-8(2)14-10(13-7)9(3)15-11(16)17-12(4,5)6/h9H,1-6H3,(H,13,14)(H,15,16)/t9-/m1/s1. The first-order valence-corrected chi connectivity index (χ1v) is 5.71. The van der Waals surface area contributed by atoms with E-state index in [-0.39, 0.29) is 6.04 Å². The highest BCUT2D eigenvalue weighted by molar-refractivity contribution is 5.68. The highest BCUT2D eigenvalue weighted by Crippen LogP contribution is 2.13. The summed E-state index contributed by atoms with van der Waals surface area (Å²) in [4.78, 5) is 19.0. The molecule has 1 amide bonds. The smallest absolute Gasteiger partial charge is 0.408 e. The van der Waals surface area contributed by atoms with Crippen molar-refractivity contribution in [2.45, 2.75) is 53.2 Å². The molecule has 0 bridgehead atoms. The topological polar surface area (TPSA) is 67.0 Å². The maximum absolute atomic E-state index is 11.6. The molecule has 1 heterocycles. The Hall–Kier alpha value is -1.52. The molecule has 0 unspecified atom stereocenters. The number of hydrogen-bond donors (Lipinski definition) is 2. The molecule has 17 heavy (non-hydrogen) atoms. The quantitative estimate of drug-likeness (QED) is 0.833. The fraction of sp³-hybridized carbons (Fsp3) is 0.667. The number of hydrogen-bond acceptors (Lipinski definition) is 3. The fourth-order valence-corrected chi connectivity index (χ4v) is 1.33. The number of amides is 1. The Morgan fingerprint density at radius 1 is 1.41 bits per heavy atom. The average Bonchev–Trinajstić information content (AvgIpc) is 2.43. The van der Waals surface area contributed by atoms with Crippen molar-refractivity contribution in [1.29, 1.82) is 0 Å². The zero-order valence-electron chi connectivity index (χ0n) is 11.3. The second kappa shape index (κ2) is 4.77. The molecular weight excluding hydrogens is 218 g/mol. The van der Waals surface area contributed by atoms with Gasteiger partial charge in [0.05, 0.1) is 11.7 Å². The third kappa shape index (κ3) is 4.09. The normalized spacial score (nSPS) is 13.3. The number of nitrogens with one attached hydrogen (secondary N) is 2. The third-order valence-corrected chi connectivity index (χ3v) is 2.29. The van der Waals surface area contributed by atoms with Gasteiger partial charge in [-0.15, -0.1) is 0 Å². The van der Waals surface area contributed by atoms with E-state index in [9.17, 15) is 4.79 Å². The average molecular weight is 239 g/mol. The number of ether oxygens (including phenoxy) is 1. The molecule has 0 spiro atoms. The van der Waals surface area contributed by atoms with Gasteiger partial charge >= 0.3 is 6.09 Å². The van der Waals surface area contributed by atoms with Gasteiger partial charge in [0.1, 0.15) is 11.4 Å². The number of aromatic nitrogens is 2. The van der Waals surface area contributed by atoms with Crippen LogP contribution in [0.25, 0.3) is 0 Å². The van der Waals surface area contributed by atoms with Gasteiger partial charge in [-0.2, -0.15) is 0 Å². The molecule has 1 aromatic heterocycles. The van der Waals surface area contributed by atoms with Gasteiger partial charge in [0.2, 0.25) is 0 Å². The van der Waals surface area contributed by atoms with Gasteiger partial charge in [-0.05, 0) is 41.5 Å². The van der Waals surface area contributed by atoms with Gasteiger partial charge in [-0.1, -0.05) is 0 Å². The monoisotopic (exact) mass is 239 g/mol. The Labute approximate surface area is 102 Å². The summed E-state index contributed by atoms with van der Waals surface area (Å²) in [5.41, 5.74) is 1.47. The van der Waals surface area contributed by atoms with E-state index in [2.05, 4.69) is 15.3 Å². The number of alkyl carbamates (subject to hydrolysis) is 1. The molecular formula is C12H21N3O2. The van der Waals surface area contributed by atoms with Crippen LogP contribution >= 0.6 is 0 Å². The van der Waals surface area contributed by atoms with Crippen molar-refractivity contribution < 1.29 is 9.53 Å². The summed E-state index contributed by atoms with van der Waals surface area (Å²) in [5, 5.41) is 2.74. The highest BCUT2D eigenvalue weighted by Gasteiger charge is 2.19. The SMILES string of the molecule is Cc1nc([C@@H](C)NC(=O)OC(C)(C)C)[nH]c1C. The maximum atomic E-state index is 11.6. The lowest BCUT2D eigenvalue weighted by Crippen LogP contribution is -2.34. The summed E-state index contributed by atoms with van der Waals surface area (Å²) in [6.07, 6.45) is -0.434. The van der Waals surface area contributed by atoms with Crippen molar-refractivity contribution in [1.82, 2.24) is 15.3 Å². The second-order valence-corrected chi connectivity index (χ2v) is 5.20. The van der Waals surface area contributed by atoms with Crippen LogP contribution in [0, 0.1) is 13.8 Å². The summed E-state index contributed by atoms with van der Waals surface area (Å²) in [6, 6.07) is -0.197. The Balaban J connectivity index is 2.60. The van der Waals surface area contributed by atoms with Gasteiger partial charge in [0.25, 0.3) is 0 Å². The molecule has 0 radical (unpaired) electrons. The lowest BCUT2D eigenvalue weighted by Gasteiger charge is -2.21. The van der Waals surface area contributed by atoms with E-state index in [0.717, 1.165) is 17.2 Å². The Kier molecular flexibility index (Phi) is 3.80. The highest BCUT2D eigenvalue weighted by atomic mass is 16.6. The Morgan fingerprint density at radius 3 is 2.41 bits per heavy atom. The van der Waals surface area contributed by atoms with E-state index >= 15 is 0 Å². The van der Waals surface area contributed by atoms with Crippen molar-refractivity contribution in [2.24, 2.45) is 0 Å². The minimum absolute atomic E-state index is 0.197. The lowest BCUT2D eigenvalue weighted by molar-refractivity contribution is 0.0506. The van der Waals surface area contributed by atoms with Gasteiger partial charge in [0.15, 0.2) is 0 Å². The Morgan fingerprint density at radius 2 is 2.00 bits per heavy atom. The molecule has 1 atom stereocenters. The molecule has 1 rings (SSSR count). The zero-order valence-corrected chi connectivity index (χ0v) is 11.3. The van der Waals surface area contributed by atoms with Crippen molar-refractivity contribution >= 4 is 6.09 Å². The number of imidazole rings is 1. The first-order valence-electron chi connectivity index (χ1n) is 5.71. The first-order chi connectivity index (χ1) is 7.69. The van der Waals surface area contributed by atoms with Crippen molar-refractivity contribution in [3.63, 3.8) is 0 Å². The van der Waals surface area contributed by atoms with Crippen LogP contribution in [0.3, 0.4) is 0 Å². The summed E-state index contributed by atoms with van der Waals surface area (Å²) in [5.74, 6) is 0.742. The molecule has 5 nitrogen and oxygen atoms in total. The van der Waals surface area contributed by atoms with Crippen molar-refractivity contribution in [3.8, 4) is 0 Å². The van der Waals surface area contributed by atoms with Crippen LogP contribution in [-0.2, 0) is 4.74 Å². The first kappa shape index (κ1) is 13.5. The third-order valence-electron chi connectivity index (χ3n) is 2.29. The number of H-pyrrole nitrogens is 1. The van der Waals surface area contributed by atoms with Gasteiger partial charge in [0, 0.05) is 5.69 Å². The fourth-order valence-electron chi connectivity index (χ4n) is 1.33. The zero-order chi connectivity index (χ0) is 13.2. The molecule has 0 aliphatic heterocycles. The van der Waals surface area contributed by atoms with Crippen LogP contribution in [0.2, 0.25) is 0 Å². The summed E-state index contributed by atoms with van der Waals surface area (Å²) in [7, 11) is 0. The molecule has 2 N–H and O–H groups in total. The molecule has 5 heteroatoms. The number of rotatable bonds is 2. The molecule has 0 saturated heterocycles. The molecule has 1 aromatic rings.